The number of hydrogen-bond acceptors (Lipinski definition) is 3. The van der Waals surface area contributed by atoms with Gasteiger partial charge < -0.3 is 9.13 Å². The fraction of sp³-hybridized carbons (Fsp3) is 0.0377. The van der Waals surface area contributed by atoms with Gasteiger partial charge in [0, 0.05) is 32.7 Å². The van der Waals surface area contributed by atoms with Crippen LogP contribution in [0.2, 0.25) is 0 Å². The zero-order valence-corrected chi connectivity index (χ0v) is 32.5. The lowest BCUT2D eigenvalue weighted by Crippen LogP contribution is -2.07. The molecule has 0 aliphatic rings. The van der Waals surface area contributed by atoms with Crippen molar-refractivity contribution in [2.24, 2.45) is 0 Å². The highest BCUT2D eigenvalue weighted by molar-refractivity contribution is 6.18. The van der Waals surface area contributed by atoms with E-state index in [9.17, 15) is 29.0 Å². The first kappa shape index (κ1) is 36.9. The average molecular weight is 794 g/mol. The molecule has 2 heterocycles. The van der Waals surface area contributed by atoms with Crippen LogP contribution in [0, 0.1) is 40.9 Å². The molecule has 61 heavy (non-hydrogen) atoms. The zero-order valence-electron chi connectivity index (χ0n) is 32.5. The third-order valence-electron chi connectivity index (χ3n) is 11.5. The predicted octanol–water partition coefficient (Wildman–Crippen LogP) is 13.8. The van der Waals surface area contributed by atoms with E-state index >= 15 is 0 Å². The van der Waals surface area contributed by atoms with Gasteiger partial charge in [-0.15, -0.1) is 0 Å². The fourth-order valence-corrected chi connectivity index (χ4v) is 9.00. The monoisotopic (exact) mass is 793 g/mol. The summed E-state index contributed by atoms with van der Waals surface area (Å²) in [6.45, 7) is 1.64. The predicted molar refractivity (Wildman–Crippen MR) is 235 cm³/mol. The van der Waals surface area contributed by atoms with Crippen LogP contribution in [-0.2, 0) is 6.18 Å². The molecule has 2 aromatic heterocycles. The lowest BCUT2D eigenvalue weighted by Gasteiger charge is -2.19. The van der Waals surface area contributed by atoms with Crippen LogP contribution < -0.4 is 0 Å². The number of aromatic nitrogens is 2. The molecule has 0 saturated heterocycles. The maximum atomic E-state index is 14.5. The first-order chi connectivity index (χ1) is 29.7. The largest absolute Gasteiger partial charge is 0.416 e. The van der Waals surface area contributed by atoms with Gasteiger partial charge in [-0.1, -0.05) is 103 Å². The third-order valence-corrected chi connectivity index (χ3v) is 11.5. The van der Waals surface area contributed by atoms with Crippen LogP contribution in [0.1, 0.15) is 27.8 Å². The van der Waals surface area contributed by atoms with E-state index < -0.39 is 11.7 Å². The average Bonchev–Trinajstić information content (AvgIpc) is 3.81. The van der Waals surface area contributed by atoms with Crippen LogP contribution in [0.5, 0.6) is 0 Å². The number of aryl methyl sites for hydroxylation is 1. The summed E-state index contributed by atoms with van der Waals surface area (Å²) in [6, 6.07) is 57.1. The highest BCUT2D eigenvalue weighted by Gasteiger charge is 2.32. The second-order valence-corrected chi connectivity index (χ2v) is 15.0. The zero-order chi connectivity index (χ0) is 42.0. The molecule has 0 spiro atoms. The molecule has 0 radical (unpaired) electrons. The van der Waals surface area contributed by atoms with E-state index in [0.717, 1.165) is 78.0 Å². The second kappa shape index (κ2) is 14.2. The van der Waals surface area contributed by atoms with E-state index in [-0.39, 0.29) is 0 Å². The van der Waals surface area contributed by atoms with E-state index in [1.807, 2.05) is 130 Å². The van der Waals surface area contributed by atoms with Gasteiger partial charge in [-0.05, 0) is 95.4 Å². The van der Waals surface area contributed by atoms with Crippen molar-refractivity contribution >= 4 is 43.6 Å². The Morgan fingerprint density at radius 3 is 1.34 bits per heavy atom. The maximum Gasteiger partial charge on any atom is 0.416 e. The van der Waals surface area contributed by atoms with E-state index in [2.05, 4.69) is 18.2 Å². The second-order valence-electron chi connectivity index (χ2n) is 15.0. The normalized spacial score (nSPS) is 11.6. The SMILES string of the molecule is Cc1cc(-c2cc(-n3c4ccccc4c4c(-c5ccccc5C#N)cccc43)c(C#N)c(-n3c4ccccc4c4c(-c5ccccc5C#N)cccc43)c2)cc(C(F)(F)F)c1. The van der Waals surface area contributed by atoms with Gasteiger partial charge in [0.15, 0.2) is 0 Å². The van der Waals surface area contributed by atoms with Gasteiger partial charge in [0.2, 0.25) is 0 Å². The van der Waals surface area contributed by atoms with Crippen LogP contribution >= 0.6 is 0 Å². The Morgan fingerprint density at radius 2 is 0.869 bits per heavy atom. The van der Waals surface area contributed by atoms with Crippen molar-refractivity contribution in [3.05, 3.63) is 192 Å². The molecule has 0 bridgehead atoms. The van der Waals surface area contributed by atoms with Crippen molar-refractivity contribution < 1.29 is 13.2 Å². The van der Waals surface area contributed by atoms with Crippen LogP contribution in [-0.4, -0.2) is 9.13 Å². The summed E-state index contributed by atoms with van der Waals surface area (Å²) in [4.78, 5) is 0. The topological polar surface area (TPSA) is 81.2 Å². The van der Waals surface area contributed by atoms with Crippen molar-refractivity contribution in [2.75, 3.05) is 0 Å². The van der Waals surface area contributed by atoms with Crippen molar-refractivity contribution in [2.45, 2.75) is 13.1 Å². The quantitative estimate of drug-likeness (QED) is 0.174. The van der Waals surface area contributed by atoms with Crippen molar-refractivity contribution in [3.63, 3.8) is 0 Å². The molecular weight excluding hydrogens is 764 g/mol. The Kier molecular flexibility index (Phi) is 8.58. The lowest BCUT2D eigenvalue weighted by molar-refractivity contribution is -0.137. The molecule has 10 aromatic rings. The summed E-state index contributed by atoms with van der Waals surface area (Å²) in [7, 11) is 0. The summed E-state index contributed by atoms with van der Waals surface area (Å²) in [5.74, 6) is 0. The molecule has 0 N–H and O–H groups in total. The van der Waals surface area contributed by atoms with E-state index in [0.29, 0.717) is 44.8 Å². The van der Waals surface area contributed by atoms with Gasteiger partial charge in [-0.25, -0.2) is 0 Å². The Balaban J connectivity index is 1.37. The minimum Gasteiger partial charge on any atom is -0.308 e. The fourth-order valence-electron chi connectivity index (χ4n) is 9.00. The molecule has 0 saturated carbocycles. The number of nitriles is 3. The standard InChI is InChI=1S/C53H30F3N5/c1-32-24-35(26-37(25-32)53(54,55)56)36-27-49(60-45-20-8-6-16-42(45)51-40(18-10-22-47(51)60)38-14-4-2-12-33(38)29-57)44(31-59)50(28-36)61-46-21-9-7-17-43(46)52-41(19-11-23-48(52)61)39-15-5-3-13-34(39)30-58/h2-28H,1H3. The van der Waals surface area contributed by atoms with E-state index in [4.69, 9.17) is 0 Å². The highest BCUT2D eigenvalue weighted by Crippen LogP contribution is 2.45. The summed E-state index contributed by atoms with van der Waals surface area (Å²) < 4.78 is 47.4. The van der Waals surface area contributed by atoms with Crippen molar-refractivity contribution in [1.29, 1.82) is 15.8 Å². The van der Waals surface area contributed by atoms with Crippen LogP contribution in [0.4, 0.5) is 13.2 Å². The molecule has 0 fully saturated rings. The molecule has 8 heteroatoms. The summed E-state index contributed by atoms with van der Waals surface area (Å²) in [5.41, 5.74) is 8.98. The molecule has 5 nitrogen and oxygen atoms in total. The lowest BCUT2D eigenvalue weighted by atomic mass is 9.95. The molecule has 0 aliphatic heterocycles. The van der Waals surface area contributed by atoms with Crippen LogP contribution in [0.3, 0.4) is 0 Å². The number of fused-ring (bicyclic) bond motifs is 6. The first-order valence-electron chi connectivity index (χ1n) is 19.5. The number of benzene rings is 8. The van der Waals surface area contributed by atoms with Crippen molar-refractivity contribution in [3.8, 4) is 63.0 Å². The van der Waals surface area contributed by atoms with E-state index in [1.165, 1.54) is 0 Å². The number of para-hydroxylation sites is 2. The Labute approximate surface area is 348 Å². The minimum absolute atomic E-state index is 0.295. The van der Waals surface area contributed by atoms with Gasteiger partial charge in [0.25, 0.3) is 0 Å². The number of rotatable bonds is 5. The van der Waals surface area contributed by atoms with Gasteiger partial charge in [-0.3, -0.25) is 0 Å². The smallest absolute Gasteiger partial charge is 0.308 e. The molecule has 0 atom stereocenters. The maximum absolute atomic E-state index is 14.5. The molecule has 8 aromatic carbocycles. The number of halogens is 3. The Hall–Kier alpha value is -8.38. The van der Waals surface area contributed by atoms with Crippen molar-refractivity contribution in [1.82, 2.24) is 9.13 Å². The van der Waals surface area contributed by atoms with E-state index in [1.54, 1.807) is 37.3 Å². The molecular formula is C53H30F3N5. The van der Waals surface area contributed by atoms with Gasteiger partial charge in [0.05, 0.1) is 62.3 Å². The molecule has 0 aliphatic carbocycles. The molecule has 0 unspecified atom stereocenters. The van der Waals surface area contributed by atoms with Gasteiger partial charge in [-0.2, -0.15) is 29.0 Å². The molecule has 10 rings (SSSR count). The minimum atomic E-state index is -4.59. The molecule has 288 valence electrons. The summed E-state index contributed by atoms with van der Waals surface area (Å²) >= 11 is 0. The number of nitrogens with zero attached hydrogens (tertiary/aromatic N) is 5. The Morgan fingerprint density at radius 1 is 0.443 bits per heavy atom. The highest BCUT2D eigenvalue weighted by atomic mass is 19.4. The molecule has 0 amide bonds. The Bertz CT molecular complexity index is 3390. The van der Waals surface area contributed by atoms with Gasteiger partial charge in [0.1, 0.15) is 11.6 Å². The number of hydrogen-bond donors (Lipinski definition) is 0. The summed E-state index contributed by atoms with van der Waals surface area (Å²) in [6.07, 6.45) is -4.59. The summed E-state index contributed by atoms with van der Waals surface area (Å²) in [5, 5.41) is 35.2. The first-order valence-corrected chi connectivity index (χ1v) is 19.5. The third kappa shape index (κ3) is 5.83. The van der Waals surface area contributed by atoms with Gasteiger partial charge >= 0.3 is 6.18 Å². The number of alkyl halides is 3. The van der Waals surface area contributed by atoms with Crippen LogP contribution in [0.25, 0.3) is 88.4 Å². The van der Waals surface area contributed by atoms with Crippen LogP contribution in [0.15, 0.2) is 164 Å².